The summed E-state index contributed by atoms with van der Waals surface area (Å²) in [5, 5.41) is 3.14. The highest BCUT2D eigenvalue weighted by molar-refractivity contribution is 5.49. The van der Waals surface area contributed by atoms with Crippen molar-refractivity contribution in [3.63, 3.8) is 0 Å². The van der Waals surface area contributed by atoms with Crippen molar-refractivity contribution >= 4 is 5.69 Å². The molecule has 0 aromatic heterocycles. The van der Waals surface area contributed by atoms with E-state index in [1.54, 1.807) is 30.3 Å². The van der Waals surface area contributed by atoms with E-state index in [0.29, 0.717) is 17.7 Å². The molecule has 2 rings (SSSR count). The van der Waals surface area contributed by atoms with Crippen molar-refractivity contribution in [3.8, 4) is 5.75 Å². The van der Waals surface area contributed by atoms with Crippen LogP contribution in [0.15, 0.2) is 42.5 Å². The van der Waals surface area contributed by atoms with Crippen molar-refractivity contribution in [2.24, 2.45) is 0 Å². The van der Waals surface area contributed by atoms with Gasteiger partial charge >= 0.3 is 0 Å². The number of nitrogens with one attached hydrogen (secondary N) is 1. The molecule has 0 heterocycles. The fourth-order valence-electron chi connectivity index (χ4n) is 2.11. The standard InChI is InChI=1S/C16H17F2NO/c1-3-15(12-6-4-5-7-13(12)17)19-11-8-9-16(20-2)14(18)10-11/h4-10,15,19H,3H2,1-2H3. The molecule has 1 N–H and O–H groups in total. The summed E-state index contributed by atoms with van der Waals surface area (Å²) in [5.41, 5.74) is 1.17. The second-order valence-corrected chi connectivity index (χ2v) is 4.48. The Morgan fingerprint density at radius 1 is 1.10 bits per heavy atom. The minimum Gasteiger partial charge on any atom is -0.494 e. The van der Waals surface area contributed by atoms with E-state index in [4.69, 9.17) is 4.74 Å². The summed E-state index contributed by atoms with van der Waals surface area (Å²) in [5.74, 6) is -0.517. The monoisotopic (exact) mass is 277 g/mol. The Morgan fingerprint density at radius 3 is 2.45 bits per heavy atom. The summed E-state index contributed by atoms with van der Waals surface area (Å²) < 4.78 is 32.3. The van der Waals surface area contributed by atoms with Crippen LogP contribution >= 0.6 is 0 Å². The minimum atomic E-state index is -0.444. The average molecular weight is 277 g/mol. The molecule has 0 aliphatic rings. The molecule has 1 atom stereocenters. The molecular weight excluding hydrogens is 260 g/mol. The molecule has 0 aliphatic heterocycles. The van der Waals surface area contributed by atoms with Gasteiger partial charge in [0.05, 0.1) is 13.2 Å². The largest absolute Gasteiger partial charge is 0.494 e. The summed E-state index contributed by atoms with van der Waals surface area (Å²) in [4.78, 5) is 0. The third kappa shape index (κ3) is 3.07. The molecule has 0 amide bonds. The molecule has 2 nitrogen and oxygen atoms in total. The number of rotatable bonds is 5. The average Bonchev–Trinajstić information content (AvgIpc) is 2.46. The predicted octanol–water partition coefficient (Wildman–Crippen LogP) is 4.54. The molecule has 1 unspecified atom stereocenters. The molecule has 0 saturated carbocycles. The Balaban J connectivity index is 2.23. The van der Waals surface area contributed by atoms with Crippen LogP contribution in [0.4, 0.5) is 14.5 Å². The number of benzene rings is 2. The topological polar surface area (TPSA) is 21.3 Å². The van der Waals surface area contributed by atoms with Gasteiger partial charge in [-0.15, -0.1) is 0 Å². The van der Waals surface area contributed by atoms with Crippen LogP contribution in [-0.4, -0.2) is 7.11 Å². The molecule has 4 heteroatoms. The van der Waals surface area contributed by atoms with Gasteiger partial charge in [0.1, 0.15) is 5.82 Å². The summed E-state index contributed by atoms with van der Waals surface area (Å²) in [6.07, 6.45) is 0.689. The molecule has 0 radical (unpaired) electrons. The summed E-state index contributed by atoms with van der Waals surface area (Å²) >= 11 is 0. The van der Waals surface area contributed by atoms with Gasteiger partial charge in [-0.05, 0) is 24.6 Å². The number of hydrogen-bond acceptors (Lipinski definition) is 2. The third-order valence-corrected chi connectivity index (χ3v) is 3.18. The molecule has 0 aliphatic carbocycles. The van der Waals surface area contributed by atoms with Crippen LogP contribution in [0.2, 0.25) is 0 Å². The van der Waals surface area contributed by atoms with Crippen LogP contribution in [-0.2, 0) is 0 Å². The zero-order valence-corrected chi connectivity index (χ0v) is 11.5. The van der Waals surface area contributed by atoms with Gasteiger partial charge in [-0.25, -0.2) is 8.78 Å². The van der Waals surface area contributed by atoms with Gasteiger partial charge in [-0.1, -0.05) is 25.1 Å². The molecule has 106 valence electrons. The van der Waals surface area contributed by atoms with Crippen molar-refractivity contribution in [1.82, 2.24) is 0 Å². The Bertz CT molecular complexity index is 586. The lowest BCUT2D eigenvalue weighted by atomic mass is 10.0. The maximum absolute atomic E-state index is 13.8. The molecule has 0 bridgehead atoms. The van der Waals surface area contributed by atoms with Crippen LogP contribution in [0.3, 0.4) is 0 Å². The van der Waals surface area contributed by atoms with E-state index in [1.165, 1.54) is 19.2 Å². The Hall–Kier alpha value is -2.10. The highest BCUT2D eigenvalue weighted by Gasteiger charge is 2.14. The normalized spacial score (nSPS) is 12.0. The molecule has 0 fully saturated rings. The number of anilines is 1. The van der Waals surface area contributed by atoms with Crippen LogP contribution in [0, 0.1) is 11.6 Å². The predicted molar refractivity (Wildman–Crippen MR) is 76.0 cm³/mol. The van der Waals surface area contributed by atoms with Gasteiger partial charge in [0.25, 0.3) is 0 Å². The second kappa shape index (κ2) is 6.37. The Kier molecular flexibility index (Phi) is 4.56. The molecule has 2 aromatic rings. The smallest absolute Gasteiger partial charge is 0.167 e. The molecule has 0 saturated heterocycles. The van der Waals surface area contributed by atoms with E-state index in [0.717, 1.165) is 0 Å². The lowest BCUT2D eigenvalue weighted by molar-refractivity contribution is 0.386. The first-order valence-electron chi connectivity index (χ1n) is 6.50. The second-order valence-electron chi connectivity index (χ2n) is 4.48. The first-order chi connectivity index (χ1) is 9.65. The van der Waals surface area contributed by atoms with Crippen LogP contribution < -0.4 is 10.1 Å². The van der Waals surface area contributed by atoms with E-state index in [9.17, 15) is 8.78 Å². The van der Waals surface area contributed by atoms with Crippen molar-refractivity contribution in [2.45, 2.75) is 19.4 Å². The van der Waals surface area contributed by atoms with Gasteiger partial charge in [0.2, 0.25) is 0 Å². The van der Waals surface area contributed by atoms with Gasteiger partial charge < -0.3 is 10.1 Å². The van der Waals surface area contributed by atoms with Crippen LogP contribution in [0.5, 0.6) is 5.75 Å². The Labute approximate surface area is 117 Å². The molecule has 20 heavy (non-hydrogen) atoms. The van der Waals surface area contributed by atoms with Crippen molar-refractivity contribution in [1.29, 1.82) is 0 Å². The van der Waals surface area contributed by atoms with E-state index in [2.05, 4.69) is 5.32 Å². The van der Waals surface area contributed by atoms with Crippen LogP contribution in [0.1, 0.15) is 24.9 Å². The van der Waals surface area contributed by atoms with Crippen molar-refractivity contribution in [3.05, 3.63) is 59.7 Å². The SMILES string of the molecule is CCC(Nc1ccc(OC)c(F)c1)c1ccccc1F. The lowest BCUT2D eigenvalue weighted by Gasteiger charge is -2.19. The van der Waals surface area contributed by atoms with Gasteiger partial charge in [-0.2, -0.15) is 0 Å². The van der Waals surface area contributed by atoms with E-state index in [-0.39, 0.29) is 17.6 Å². The fourth-order valence-corrected chi connectivity index (χ4v) is 2.11. The van der Waals surface area contributed by atoms with Crippen molar-refractivity contribution in [2.75, 3.05) is 12.4 Å². The lowest BCUT2D eigenvalue weighted by Crippen LogP contribution is -2.11. The van der Waals surface area contributed by atoms with Crippen molar-refractivity contribution < 1.29 is 13.5 Å². The molecule has 2 aromatic carbocycles. The van der Waals surface area contributed by atoms with E-state index in [1.807, 2.05) is 6.92 Å². The van der Waals surface area contributed by atoms with E-state index < -0.39 is 5.82 Å². The first-order valence-corrected chi connectivity index (χ1v) is 6.50. The quantitative estimate of drug-likeness (QED) is 0.866. The zero-order chi connectivity index (χ0) is 14.5. The Morgan fingerprint density at radius 2 is 1.85 bits per heavy atom. The number of methoxy groups -OCH3 is 1. The highest BCUT2D eigenvalue weighted by Crippen LogP contribution is 2.27. The van der Waals surface area contributed by atoms with Crippen LogP contribution in [0.25, 0.3) is 0 Å². The zero-order valence-electron chi connectivity index (χ0n) is 11.5. The maximum Gasteiger partial charge on any atom is 0.167 e. The van der Waals surface area contributed by atoms with Gasteiger partial charge in [0, 0.05) is 17.3 Å². The highest BCUT2D eigenvalue weighted by atomic mass is 19.1. The number of hydrogen-bond donors (Lipinski definition) is 1. The third-order valence-electron chi connectivity index (χ3n) is 3.18. The summed E-state index contributed by atoms with van der Waals surface area (Å²) in [7, 11) is 1.42. The first kappa shape index (κ1) is 14.3. The summed E-state index contributed by atoms with van der Waals surface area (Å²) in [6, 6.07) is 11.0. The number of halogens is 2. The summed E-state index contributed by atoms with van der Waals surface area (Å²) in [6.45, 7) is 1.95. The van der Waals surface area contributed by atoms with Gasteiger partial charge in [-0.3, -0.25) is 0 Å². The minimum absolute atomic E-state index is 0.189. The number of ether oxygens (including phenoxy) is 1. The fraction of sp³-hybridized carbons (Fsp3) is 0.250. The van der Waals surface area contributed by atoms with E-state index >= 15 is 0 Å². The maximum atomic E-state index is 13.8. The molecular formula is C16H17F2NO. The van der Waals surface area contributed by atoms with Gasteiger partial charge in [0.15, 0.2) is 11.6 Å². The molecule has 0 spiro atoms.